The molecule has 0 bridgehead atoms. The number of ether oxygens (including phenoxy) is 2. The van der Waals surface area contributed by atoms with Gasteiger partial charge in [-0.05, 0) is 24.1 Å². The van der Waals surface area contributed by atoms with Gasteiger partial charge in [0.2, 0.25) is 0 Å². The molecule has 0 saturated heterocycles. The van der Waals surface area contributed by atoms with Crippen LogP contribution >= 0.6 is 0 Å². The number of carbonyl (C=O) groups excluding carboxylic acids is 1. The van der Waals surface area contributed by atoms with Crippen LogP contribution in [-0.4, -0.2) is 19.1 Å². The minimum absolute atomic E-state index is 0.235. The van der Waals surface area contributed by atoms with Gasteiger partial charge in [-0.15, -0.1) is 13.2 Å². The first kappa shape index (κ1) is 17.6. The first-order valence-corrected chi connectivity index (χ1v) is 6.54. The Hall–Kier alpha value is -2.43. The van der Waals surface area contributed by atoms with Gasteiger partial charge in [-0.3, -0.25) is 0 Å². The van der Waals surface area contributed by atoms with Crippen LogP contribution in [0.2, 0.25) is 0 Å². The minimum Gasteiger partial charge on any atom is -0.450 e. The standard InChI is InChI=1S/C14H15F3N2O3/c1-2-3-8-21-13(20)19-12(9-18)10-4-6-11(7-5-10)22-14(15,16)17/h4-7,12H,2-3,8H2,1H3,(H,19,20). The Bertz CT molecular complexity index is 524. The van der Waals surface area contributed by atoms with Crippen LogP contribution in [0.4, 0.5) is 18.0 Å². The molecule has 22 heavy (non-hydrogen) atoms. The van der Waals surface area contributed by atoms with Gasteiger partial charge in [0.1, 0.15) is 11.8 Å². The molecule has 1 rings (SSSR count). The predicted octanol–water partition coefficient (Wildman–Crippen LogP) is 3.68. The van der Waals surface area contributed by atoms with Gasteiger partial charge in [-0.1, -0.05) is 25.5 Å². The molecule has 0 saturated carbocycles. The van der Waals surface area contributed by atoms with Crippen LogP contribution < -0.4 is 10.1 Å². The Labute approximate surface area is 125 Å². The summed E-state index contributed by atoms with van der Waals surface area (Å²) in [5.41, 5.74) is 0.324. The zero-order chi connectivity index (χ0) is 16.6. The van der Waals surface area contributed by atoms with Crippen molar-refractivity contribution >= 4 is 6.09 Å². The van der Waals surface area contributed by atoms with E-state index in [2.05, 4.69) is 10.1 Å². The molecule has 120 valence electrons. The summed E-state index contributed by atoms with van der Waals surface area (Å²) in [6.45, 7) is 2.17. The molecule has 0 fully saturated rings. The Balaban J connectivity index is 2.64. The molecular formula is C14H15F3N2O3. The van der Waals surface area contributed by atoms with Crippen LogP contribution in [0.25, 0.3) is 0 Å². The van der Waals surface area contributed by atoms with E-state index in [9.17, 15) is 18.0 Å². The van der Waals surface area contributed by atoms with Gasteiger partial charge >= 0.3 is 12.5 Å². The number of hydrogen-bond donors (Lipinski definition) is 1. The summed E-state index contributed by atoms with van der Waals surface area (Å²) >= 11 is 0. The quantitative estimate of drug-likeness (QED) is 0.813. The number of alkyl halides is 3. The third kappa shape index (κ3) is 6.35. The van der Waals surface area contributed by atoms with E-state index in [0.717, 1.165) is 18.6 Å². The number of halogens is 3. The summed E-state index contributed by atoms with van der Waals surface area (Å²) in [5, 5.41) is 11.3. The normalized spacial score (nSPS) is 12.1. The average Bonchev–Trinajstić information content (AvgIpc) is 2.44. The molecule has 0 aliphatic carbocycles. The van der Waals surface area contributed by atoms with Crippen molar-refractivity contribution < 1.29 is 27.4 Å². The molecule has 0 radical (unpaired) electrons. The lowest BCUT2D eigenvalue weighted by molar-refractivity contribution is -0.274. The molecule has 0 heterocycles. The molecule has 0 aliphatic heterocycles. The predicted molar refractivity (Wildman–Crippen MR) is 70.9 cm³/mol. The van der Waals surface area contributed by atoms with Crippen molar-refractivity contribution in [2.45, 2.75) is 32.2 Å². The lowest BCUT2D eigenvalue weighted by Gasteiger charge is -2.13. The molecule has 1 aromatic carbocycles. The van der Waals surface area contributed by atoms with Gasteiger partial charge in [0.25, 0.3) is 0 Å². The molecule has 1 aromatic rings. The van der Waals surface area contributed by atoms with Crippen molar-refractivity contribution in [2.75, 3.05) is 6.61 Å². The fourth-order valence-corrected chi connectivity index (χ4v) is 1.52. The smallest absolute Gasteiger partial charge is 0.450 e. The SMILES string of the molecule is CCCCOC(=O)NC(C#N)c1ccc(OC(F)(F)F)cc1. The van der Waals surface area contributed by atoms with Crippen molar-refractivity contribution in [3.05, 3.63) is 29.8 Å². The summed E-state index contributed by atoms with van der Waals surface area (Å²) in [6, 6.07) is 5.48. The maximum absolute atomic E-state index is 12.0. The Morgan fingerprint density at radius 1 is 1.36 bits per heavy atom. The highest BCUT2D eigenvalue weighted by molar-refractivity contribution is 5.68. The Kier molecular flexibility index (Phi) is 6.50. The number of nitrogens with zero attached hydrogens (tertiary/aromatic N) is 1. The van der Waals surface area contributed by atoms with Crippen LogP contribution in [0.5, 0.6) is 5.75 Å². The fourth-order valence-electron chi connectivity index (χ4n) is 1.52. The Morgan fingerprint density at radius 3 is 2.50 bits per heavy atom. The second kappa shape index (κ2) is 8.12. The van der Waals surface area contributed by atoms with E-state index in [1.165, 1.54) is 12.1 Å². The maximum Gasteiger partial charge on any atom is 0.573 e. The van der Waals surface area contributed by atoms with Crippen molar-refractivity contribution in [1.29, 1.82) is 5.26 Å². The van der Waals surface area contributed by atoms with Crippen LogP contribution in [0.3, 0.4) is 0 Å². The molecule has 8 heteroatoms. The van der Waals surface area contributed by atoms with Gasteiger partial charge in [0, 0.05) is 0 Å². The van der Waals surface area contributed by atoms with Crippen LogP contribution in [0.1, 0.15) is 31.4 Å². The van der Waals surface area contributed by atoms with E-state index < -0.39 is 24.2 Å². The maximum atomic E-state index is 12.0. The highest BCUT2D eigenvalue weighted by Gasteiger charge is 2.31. The lowest BCUT2D eigenvalue weighted by Crippen LogP contribution is -2.28. The third-order valence-corrected chi connectivity index (χ3v) is 2.57. The molecule has 0 aliphatic rings. The summed E-state index contributed by atoms with van der Waals surface area (Å²) in [4.78, 5) is 11.5. The van der Waals surface area contributed by atoms with Gasteiger partial charge in [0.15, 0.2) is 0 Å². The molecule has 1 N–H and O–H groups in total. The number of amides is 1. The molecule has 1 amide bonds. The second-order valence-electron chi connectivity index (χ2n) is 4.31. The molecular weight excluding hydrogens is 301 g/mol. The van der Waals surface area contributed by atoms with Gasteiger partial charge in [-0.2, -0.15) is 5.26 Å². The minimum atomic E-state index is -4.78. The van der Waals surface area contributed by atoms with Crippen molar-refractivity contribution in [3.63, 3.8) is 0 Å². The Morgan fingerprint density at radius 2 is 2.00 bits per heavy atom. The highest BCUT2D eigenvalue weighted by Crippen LogP contribution is 2.24. The lowest BCUT2D eigenvalue weighted by atomic mass is 10.1. The van der Waals surface area contributed by atoms with Crippen molar-refractivity contribution in [3.8, 4) is 11.8 Å². The van der Waals surface area contributed by atoms with E-state index in [-0.39, 0.29) is 6.61 Å². The molecule has 0 spiro atoms. The van der Waals surface area contributed by atoms with Gasteiger partial charge < -0.3 is 14.8 Å². The number of nitrogens with one attached hydrogen (secondary N) is 1. The zero-order valence-corrected chi connectivity index (χ0v) is 11.8. The van der Waals surface area contributed by atoms with E-state index in [1.54, 1.807) is 0 Å². The number of carbonyl (C=O) groups is 1. The van der Waals surface area contributed by atoms with Crippen molar-refractivity contribution in [2.24, 2.45) is 0 Å². The molecule has 5 nitrogen and oxygen atoms in total. The molecule has 1 atom stereocenters. The van der Waals surface area contributed by atoms with E-state index in [1.807, 2.05) is 13.0 Å². The average molecular weight is 316 g/mol. The summed E-state index contributed by atoms with van der Waals surface area (Å²) in [5.74, 6) is -0.404. The first-order valence-electron chi connectivity index (χ1n) is 6.54. The number of benzene rings is 1. The summed E-state index contributed by atoms with van der Waals surface area (Å²) < 4.78 is 44.7. The first-order chi connectivity index (χ1) is 10.4. The monoisotopic (exact) mass is 316 g/mol. The largest absolute Gasteiger partial charge is 0.573 e. The zero-order valence-electron chi connectivity index (χ0n) is 11.8. The summed E-state index contributed by atoms with van der Waals surface area (Å²) in [7, 11) is 0. The number of unbranched alkanes of at least 4 members (excludes halogenated alkanes) is 1. The van der Waals surface area contributed by atoms with E-state index in [0.29, 0.717) is 12.0 Å². The third-order valence-electron chi connectivity index (χ3n) is 2.57. The van der Waals surface area contributed by atoms with Gasteiger partial charge in [-0.25, -0.2) is 4.79 Å². The van der Waals surface area contributed by atoms with Crippen LogP contribution in [0, 0.1) is 11.3 Å². The van der Waals surface area contributed by atoms with E-state index in [4.69, 9.17) is 10.00 Å². The number of nitriles is 1. The van der Waals surface area contributed by atoms with Crippen LogP contribution in [-0.2, 0) is 4.74 Å². The highest BCUT2D eigenvalue weighted by atomic mass is 19.4. The second-order valence-corrected chi connectivity index (χ2v) is 4.31. The fraction of sp³-hybridized carbons (Fsp3) is 0.429. The number of hydrogen-bond acceptors (Lipinski definition) is 4. The van der Waals surface area contributed by atoms with Crippen LogP contribution in [0.15, 0.2) is 24.3 Å². The van der Waals surface area contributed by atoms with Gasteiger partial charge in [0.05, 0.1) is 12.7 Å². The van der Waals surface area contributed by atoms with E-state index >= 15 is 0 Å². The summed E-state index contributed by atoms with van der Waals surface area (Å²) in [6.07, 6.45) is -3.98. The molecule has 0 aromatic heterocycles. The topological polar surface area (TPSA) is 71.3 Å². The number of rotatable bonds is 6. The number of alkyl carbamates (subject to hydrolysis) is 1. The molecule has 1 unspecified atom stereocenters. The van der Waals surface area contributed by atoms with Crippen molar-refractivity contribution in [1.82, 2.24) is 5.32 Å².